The maximum atomic E-state index is 11.5. The third-order valence-corrected chi connectivity index (χ3v) is 36.9. The van der Waals surface area contributed by atoms with Crippen LogP contribution in [0.2, 0.25) is 60.2 Å². The third-order valence-electron chi connectivity index (χ3n) is 20.5. The lowest BCUT2D eigenvalue weighted by atomic mass is 9.84. The zero-order valence-electron chi connectivity index (χ0n) is 71.4. The van der Waals surface area contributed by atoms with Gasteiger partial charge in [0, 0.05) is 44.1 Å². The van der Waals surface area contributed by atoms with Crippen molar-refractivity contribution in [3.63, 3.8) is 0 Å². The van der Waals surface area contributed by atoms with Crippen LogP contribution in [-0.2, 0) is 95.7 Å². The van der Waals surface area contributed by atoms with E-state index in [0.717, 1.165) is 81.5 Å². The number of methoxy groups -OCH3 is 6. The number of ether oxygens (including phenoxy) is 6. The average Bonchev–Trinajstić information content (AvgIpc) is 1.72. The number of carbonyl (C=O) groups excluding carboxylic acids is 6. The number of hydrogen-bond donors (Lipinski definition) is 6. The Morgan fingerprint density at radius 1 is 0.400 bits per heavy atom. The maximum absolute atomic E-state index is 11.5. The minimum atomic E-state index is -1.87. The Bertz CT molecular complexity index is 4020. The van der Waals surface area contributed by atoms with Gasteiger partial charge in [0.2, 0.25) is 8.32 Å². The van der Waals surface area contributed by atoms with Crippen LogP contribution in [0.5, 0.6) is 34.5 Å². The zero-order chi connectivity index (χ0) is 87.4. The highest BCUT2D eigenvalue weighted by Gasteiger charge is 2.42. The average molecular weight is 1860 g/mol. The summed E-state index contributed by atoms with van der Waals surface area (Å²) < 4.78 is 42.8. The largest absolute Gasteiger partial charge is 0.543 e. The van der Waals surface area contributed by atoms with Crippen molar-refractivity contribution in [2.45, 2.75) is 250 Å². The molecule has 115 heavy (non-hydrogen) atoms. The molecule has 3 saturated carbocycles. The van der Waals surface area contributed by atoms with Crippen LogP contribution in [0.25, 0.3) is 0 Å². The fraction of sp³-hybridized carbons (Fsp3) is 0.517. The van der Waals surface area contributed by atoms with Crippen molar-refractivity contribution in [3.05, 3.63) is 173 Å². The molecule has 6 aromatic rings. The molecule has 3 fully saturated rings. The number of phenols is 4. The molecule has 0 heterocycles. The molecule has 0 unspecified atom stereocenters. The number of carbonyl (C=O) groups is 6. The van der Waals surface area contributed by atoms with E-state index in [1.807, 2.05) is 48.5 Å². The molecule has 3 aliphatic carbocycles. The van der Waals surface area contributed by atoms with Crippen molar-refractivity contribution < 1.29 is 96.5 Å². The number of rotatable bonds is 25. The van der Waals surface area contributed by atoms with Crippen LogP contribution < -0.4 is 8.85 Å². The van der Waals surface area contributed by atoms with Crippen LogP contribution in [0.3, 0.4) is 0 Å². The van der Waals surface area contributed by atoms with E-state index in [9.17, 15) is 44.1 Å². The second kappa shape index (κ2) is 50.3. The van der Waals surface area contributed by atoms with Crippen LogP contribution in [0.4, 0.5) is 0 Å². The van der Waals surface area contributed by atoms with Gasteiger partial charge in [0.1, 0.15) is 34.5 Å². The van der Waals surface area contributed by atoms with Gasteiger partial charge in [0.25, 0.3) is 8.32 Å². The first-order valence-electron chi connectivity index (χ1n) is 38.8. The first kappa shape index (κ1) is 104. The molecule has 0 aromatic heterocycles. The van der Waals surface area contributed by atoms with Gasteiger partial charge >= 0.3 is 42.9 Å². The lowest BCUT2D eigenvalue weighted by molar-refractivity contribution is -0.141. The molecule has 638 valence electrons. The summed E-state index contributed by atoms with van der Waals surface area (Å²) in [5.41, 5.74) is 8.50. The molecule has 0 radical (unpaired) electrons. The zero-order valence-corrected chi connectivity index (χ0v) is 79.9. The standard InChI is InChI=1S/C19H30O3Si.C16H25BrO3Si.C13H16O3.2C10H11BrO3.C10H12O3.C6H15ClSi.C3H7BO2/c1-19(2,3)23(5,6)22-16-9-7-8-14(12-13-17(20)21-4)18(16)15-10-11-15;1-16(2,3)21(5,6)20-13-9-7-8-12(15(13)17)10-11-14(18)19-4;1-16-12(15)8-7-9-3-2-4-11(14)13(9)10-5-6-10;1-14-10(13)5-3-7-2-4-8(11)9(12)6-7;1-14-9(13)6-5-7-3-2-4-8(12)10(7)11;1-13-10(12)6-5-8-3-2-4-9(11)7-8;1-6(2,3)8(4,5)7;5-4(6)3-1-2-3/h7-9,15H,10-13H2,1-6H3;7-9H,10-11H2,1-6H3;2-4,10,14H,5-8H2,1H3;2,4,6,12H,3,5H2,1H3;2-4,12H,5-6H2,1H3;2-4,7,11H,5-6H2,1H3;1-5H3;3,5-6H,1-2H2. The van der Waals surface area contributed by atoms with Crippen LogP contribution in [-0.4, -0.2) is 140 Å². The summed E-state index contributed by atoms with van der Waals surface area (Å²) in [6.45, 7) is 33.4. The number of phenolic OH excluding ortho intramolecular Hbond substituents is 4. The van der Waals surface area contributed by atoms with E-state index in [-0.39, 0.29) is 69.0 Å². The monoisotopic (exact) mass is 1860 g/mol. The van der Waals surface area contributed by atoms with Crippen LogP contribution in [0.1, 0.15) is 196 Å². The highest BCUT2D eigenvalue weighted by molar-refractivity contribution is 9.11. The molecule has 6 N–H and O–H groups in total. The Balaban J connectivity index is 0.000000457. The SMILES string of the molecule is CC(C)(C)[Si](C)(C)Cl.COC(=O)CCc1ccc(Br)c(O)c1.COC(=O)CCc1cccc(O)c1.COC(=O)CCc1cccc(O)c1Br.COC(=O)CCc1cccc(O)c1C1CC1.COC(=O)CCc1cccc(O[Si](C)(C)C(C)(C)C)c1Br.COC(=O)CCc1cccc(O[Si](C)(C)C(C)(C)C)c1C1CC1.OB(O)C1CC1. The minimum absolute atomic E-state index is 0.147. The lowest BCUT2D eigenvalue weighted by Gasteiger charge is -2.37. The molecule has 0 saturated heterocycles. The molecule has 0 aliphatic heterocycles. The predicted molar refractivity (Wildman–Crippen MR) is 476 cm³/mol. The van der Waals surface area contributed by atoms with Crippen molar-refractivity contribution in [3.8, 4) is 34.5 Å². The molecule has 20 nitrogen and oxygen atoms in total. The van der Waals surface area contributed by atoms with Crippen molar-refractivity contribution in [2.75, 3.05) is 42.7 Å². The number of benzene rings is 6. The van der Waals surface area contributed by atoms with Crippen molar-refractivity contribution in [1.29, 1.82) is 0 Å². The quantitative estimate of drug-likeness (QED) is 0.0134. The highest BCUT2D eigenvalue weighted by Crippen LogP contribution is 2.49. The summed E-state index contributed by atoms with van der Waals surface area (Å²) in [6.07, 6.45) is 12.7. The van der Waals surface area contributed by atoms with E-state index in [1.54, 1.807) is 48.5 Å². The Morgan fingerprint density at radius 3 is 1.09 bits per heavy atom. The molecule has 6 aromatic carbocycles. The van der Waals surface area contributed by atoms with Crippen LogP contribution >= 0.6 is 58.9 Å². The van der Waals surface area contributed by atoms with Gasteiger partial charge in [0.15, 0.2) is 7.38 Å². The third kappa shape index (κ3) is 40.1. The van der Waals surface area contributed by atoms with Crippen molar-refractivity contribution in [2.24, 2.45) is 0 Å². The molecule has 9 rings (SSSR count). The molecular formula is C87H127BBr3ClO20Si3. The molecule has 28 heteroatoms. The number of aryl methyl sites for hydroxylation is 6. The van der Waals surface area contributed by atoms with Gasteiger partial charge < -0.3 is 67.7 Å². The summed E-state index contributed by atoms with van der Waals surface area (Å²) >= 11 is 16.2. The van der Waals surface area contributed by atoms with Gasteiger partial charge in [-0.3, -0.25) is 28.8 Å². The summed E-state index contributed by atoms with van der Waals surface area (Å²) in [5, 5.41) is 54.8. The molecule has 0 amide bonds. The van der Waals surface area contributed by atoms with E-state index in [1.165, 1.54) is 66.6 Å². The van der Waals surface area contributed by atoms with E-state index >= 15 is 0 Å². The maximum Gasteiger partial charge on any atom is 0.454 e. The van der Waals surface area contributed by atoms with Crippen molar-refractivity contribution in [1.82, 2.24) is 0 Å². The predicted octanol–water partition coefficient (Wildman–Crippen LogP) is 21.2. The first-order chi connectivity index (χ1) is 53.5. The topological polar surface area (TPSA) is 298 Å². The Morgan fingerprint density at radius 2 is 0.730 bits per heavy atom. The second-order valence-electron chi connectivity index (χ2n) is 32.8. The summed E-state index contributed by atoms with van der Waals surface area (Å²) in [4.78, 5) is 66.4. The fourth-order valence-electron chi connectivity index (χ4n) is 9.71. The smallest absolute Gasteiger partial charge is 0.454 e. The minimum Gasteiger partial charge on any atom is -0.543 e. The molecular weight excluding hydrogens is 1740 g/mol. The number of halogens is 4. The Labute approximate surface area is 717 Å². The van der Waals surface area contributed by atoms with E-state index < -0.39 is 31.1 Å². The van der Waals surface area contributed by atoms with Gasteiger partial charge in [-0.05, 0) is 258 Å². The Hall–Kier alpha value is -6.69. The molecule has 3 aliphatic rings. The molecule has 0 bridgehead atoms. The van der Waals surface area contributed by atoms with Gasteiger partial charge in [-0.1, -0.05) is 155 Å². The summed E-state index contributed by atoms with van der Waals surface area (Å²) in [5.74, 6) is 2.90. The van der Waals surface area contributed by atoms with Crippen molar-refractivity contribution >= 4 is 126 Å². The molecule has 0 spiro atoms. The normalized spacial score (nSPS) is 12.9. The number of aromatic hydroxyl groups is 4. The van der Waals surface area contributed by atoms with Crippen LogP contribution in [0, 0.1) is 0 Å². The Kier molecular flexibility index (Phi) is 45.6. The van der Waals surface area contributed by atoms with E-state index in [0.29, 0.717) is 102 Å². The van der Waals surface area contributed by atoms with E-state index in [4.69, 9.17) is 39.8 Å². The van der Waals surface area contributed by atoms with Crippen LogP contribution in [0.15, 0.2) is 129 Å². The number of hydrogen-bond acceptors (Lipinski definition) is 20. The molecule has 0 atom stereocenters. The van der Waals surface area contributed by atoms with E-state index in [2.05, 4.69) is 191 Å². The summed E-state index contributed by atoms with van der Waals surface area (Å²) in [6, 6.07) is 35.1. The number of esters is 6. The summed E-state index contributed by atoms with van der Waals surface area (Å²) in [7, 11) is 2.18. The highest BCUT2D eigenvalue weighted by atomic mass is 79.9. The van der Waals surface area contributed by atoms with Gasteiger partial charge in [-0.25, -0.2) is 0 Å². The lowest BCUT2D eigenvalue weighted by Crippen LogP contribution is -2.44. The second-order valence-corrected chi connectivity index (χ2v) is 52.0. The first-order valence-corrected chi connectivity index (χ1v) is 51.0. The van der Waals surface area contributed by atoms with Gasteiger partial charge in [0.05, 0.1) is 56.1 Å². The van der Waals surface area contributed by atoms with Gasteiger partial charge in [-0.2, -0.15) is 11.1 Å². The fourth-order valence-corrected chi connectivity index (χ4v) is 13.2. The van der Waals surface area contributed by atoms with Gasteiger partial charge in [-0.15, -0.1) is 0 Å².